The van der Waals surface area contributed by atoms with Gasteiger partial charge in [0.05, 0.1) is 12.0 Å². The van der Waals surface area contributed by atoms with Crippen molar-refractivity contribution in [1.82, 2.24) is 9.80 Å². The molecule has 33 heavy (non-hydrogen) atoms. The largest absolute Gasteiger partial charge is 0.395 e. The van der Waals surface area contributed by atoms with Crippen molar-refractivity contribution in [3.05, 3.63) is 35.4 Å². The van der Waals surface area contributed by atoms with E-state index < -0.39 is 5.41 Å². The predicted octanol–water partition coefficient (Wildman–Crippen LogP) is 3.53. The normalized spacial score (nSPS) is 26.0. The molecular formula is C27H41N3O3. The van der Waals surface area contributed by atoms with Crippen LogP contribution >= 0.6 is 0 Å². The van der Waals surface area contributed by atoms with Gasteiger partial charge in [-0.25, -0.2) is 0 Å². The van der Waals surface area contributed by atoms with E-state index in [1.807, 2.05) is 30.9 Å². The van der Waals surface area contributed by atoms with Gasteiger partial charge in [0.2, 0.25) is 11.8 Å². The summed E-state index contributed by atoms with van der Waals surface area (Å²) in [4.78, 5) is 29.6. The van der Waals surface area contributed by atoms with Crippen molar-refractivity contribution in [3.8, 4) is 0 Å². The average molecular weight is 456 g/mol. The Hall–Kier alpha value is -1.92. The molecule has 3 fully saturated rings. The molecular weight excluding hydrogens is 414 g/mol. The molecule has 1 aliphatic carbocycles. The van der Waals surface area contributed by atoms with Crippen molar-refractivity contribution in [1.29, 1.82) is 0 Å². The molecule has 4 rings (SSSR count). The third-order valence-electron chi connectivity index (χ3n) is 8.37. The van der Waals surface area contributed by atoms with Crippen LogP contribution in [-0.2, 0) is 4.79 Å². The molecule has 1 aromatic rings. The maximum absolute atomic E-state index is 13.3. The van der Waals surface area contributed by atoms with E-state index in [0.29, 0.717) is 29.5 Å². The Bertz CT molecular complexity index is 835. The highest BCUT2D eigenvalue weighted by Crippen LogP contribution is 2.43. The first-order chi connectivity index (χ1) is 15.8. The predicted molar refractivity (Wildman–Crippen MR) is 130 cm³/mol. The molecule has 2 atom stereocenters. The van der Waals surface area contributed by atoms with E-state index in [2.05, 4.69) is 11.0 Å². The number of hydrogen-bond donors (Lipinski definition) is 2. The van der Waals surface area contributed by atoms with Crippen LogP contribution < -0.4 is 5.73 Å². The van der Waals surface area contributed by atoms with Gasteiger partial charge in [-0.3, -0.25) is 14.5 Å². The van der Waals surface area contributed by atoms with Gasteiger partial charge < -0.3 is 15.7 Å². The van der Waals surface area contributed by atoms with Gasteiger partial charge in [-0.1, -0.05) is 25.0 Å². The van der Waals surface area contributed by atoms with E-state index in [0.717, 1.165) is 32.5 Å². The van der Waals surface area contributed by atoms with Crippen molar-refractivity contribution in [2.24, 2.45) is 17.1 Å². The number of nitrogens with zero attached hydrogens (tertiary/aromatic N) is 2. The molecule has 3 aliphatic rings. The molecule has 3 N–H and O–H groups in total. The third-order valence-corrected chi connectivity index (χ3v) is 8.37. The first kappa shape index (κ1) is 24.2. The van der Waals surface area contributed by atoms with E-state index in [1.54, 1.807) is 6.07 Å². The maximum atomic E-state index is 13.3. The third kappa shape index (κ3) is 5.43. The molecule has 0 spiro atoms. The van der Waals surface area contributed by atoms with Gasteiger partial charge in [-0.05, 0) is 81.9 Å². The summed E-state index contributed by atoms with van der Waals surface area (Å²) in [6.45, 7) is 6.07. The van der Waals surface area contributed by atoms with E-state index in [4.69, 9.17) is 5.73 Å². The van der Waals surface area contributed by atoms with Gasteiger partial charge in [0.25, 0.3) is 0 Å². The van der Waals surface area contributed by atoms with Crippen molar-refractivity contribution in [2.45, 2.75) is 83.2 Å². The molecule has 0 aromatic heterocycles. The molecule has 6 heteroatoms. The SMILES string of the molecule is CC(C)(CO)C(=O)N(CCN1C2CCC1CC(c1cccc(C(N)=O)c1)C2)CC1CCCC1. The molecule has 2 unspecified atom stereocenters. The van der Waals surface area contributed by atoms with Gasteiger partial charge in [-0.2, -0.15) is 0 Å². The number of fused-ring (bicyclic) bond motifs is 2. The number of hydrogen-bond acceptors (Lipinski definition) is 4. The molecule has 2 heterocycles. The number of rotatable bonds is 9. The molecule has 6 nitrogen and oxygen atoms in total. The van der Waals surface area contributed by atoms with Crippen LogP contribution in [0.15, 0.2) is 24.3 Å². The lowest BCUT2D eigenvalue weighted by molar-refractivity contribution is -0.143. The molecule has 0 radical (unpaired) electrons. The Kier molecular flexibility index (Phi) is 7.44. The zero-order valence-electron chi connectivity index (χ0n) is 20.3. The first-order valence-electron chi connectivity index (χ1n) is 12.8. The second-order valence-electron chi connectivity index (χ2n) is 11.2. The van der Waals surface area contributed by atoms with Crippen molar-refractivity contribution >= 4 is 11.8 Å². The average Bonchev–Trinajstić information content (AvgIpc) is 3.40. The monoisotopic (exact) mass is 455 g/mol. The number of aliphatic hydroxyl groups excluding tert-OH is 1. The number of piperidine rings is 1. The molecule has 2 aliphatic heterocycles. The highest BCUT2D eigenvalue weighted by Gasteiger charge is 2.41. The highest BCUT2D eigenvalue weighted by atomic mass is 16.3. The molecule has 2 bridgehead atoms. The Labute approximate surface area is 198 Å². The minimum absolute atomic E-state index is 0.0856. The Balaban J connectivity index is 1.40. The van der Waals surface area contributed by atoms with Crippen LogP contribution in [0.3, 0.4) is 0 Å². The van der Waals surface area contributed by atoms with E-state index in [-0.39, 0.29) is 18.4 Å². The highest BCUT2D eigenvalue weighted by molar-refractivity contribution is 5.92. The lowest BCUT2D eigenvalue weighted by Crippen LogP contribution is -2.50. The smallest absolute Gasteiger partial charge is 0.248 e. The number of nitrogens with two attached hydrogens (primary N) is 1. The van der Waals surface area contributed by atoms with Gasteiger partial charge in [0, 0.05) is 37.3 Å². The molecule has 2 saturated heterocycles. The van der Waals surface area contributed by atoms with Crippen LogP contribution in [0.5, 0.6) is 0 Å². The van der Waals surface area contributed by atoms with Gasteiger partial charge in [0.15, 0.2) is 0 Å². The van der Waals surface area contributed by atoms with E-state index in [9.17, 15) is 14.7 Å². The minimum atomic E-state index is -0.726. The zero-order valence-corrected chi connectivity index (χ0v) is 20.3. The lowest BCUT2D eigenvalue weighted by Gasteiger charge is -2.41. The topological polar surface area (TPSA) is 86.9 Å². The quantitative estimate of drug-likeness (QED) is 0.596. The van der Waals surface area contributed by atoms with Gasteiger partial charge in [0.1, 0.15) is 0 Å². The Morgan fingerprint density at radius 2 is 1.79 bits per heavy atom. The van der Waals surface area contributed by atoms with Crippen LogP contribution in [0.25, 0.3) is 0 Å². The van der Waals surface area contributed by atoms with Crippen LogP contribution in [-0.4, -0.2) is 65.0 Å². The zero-order chi connectivity index (χ0) is 23.6. The van der Waals surface area contributed by atoms with Gasteiger partial charge in [-0.15, -0.1) is 0 Å². The molecule has 1 saturated carbocycles. The summed E-state index contributed by atoms with van der Waals surface area (Å²) in [6.07, 6.45) is 9.56. The first-order valence-corrected chi connectivity index (χ1v) is 12.8. The number of carbonyl (C=O) groups is 2. The van der Waals surface area contributed by atoms with E-state index >= 15 is 0 Å². The molecule has 2 amide bonds. The molecule has 182 valence electrons. The van der Waals surface area contributed by atoms with Crippen LogP contribution in [0, 0.1) is 11.3 Å². The lowest BCUT2D eigenvalue weighted by atomic mass is 9.84. The number of carbonyl (C=O) groups excluding carboxylic acids is 2. The number of aliphatic hydroxyl groups is 1. The summed E-state index contributed by atoms with van der Waals surface area (Å²) in [5, 5.41) is 9.79. The van der Waals surface area contributed by atoms with Crippen LogP contribution in [0.4, 0.5) is 0 Å². The molecule has 1 aromatic carbocycles. The number of primary amides is 1. The standard InChI is InChI=1S/C27H41N3O3/c1-27(2,18-31)26(33)29(17-19-6-3-4-7-19)12-13-30-23-10-11-24(30)16-22(15-23)20-8-5-9-21(14-20)25(28)32/h5,8-9,14,19,22-24,31H,3-4,6-7,10-13,15-18H2,1-2H3,(H2,28,32). The summed E-state index contributed by atoms with van der Waals surface area (Å²) in [6, 6.07) is 8.89. The summed E-state index contributed by atoms with van der Waals surface area (Å²) < 4.78 is 0. The summed E-state index contributed by atoms with van der Waals surface area (Å²) in [5.41, 5.74) is 6.59. The number of benzene rings is 1. The fourth-order valence-electron chi connectivity index (χ4n) is 6.37. The fraction of sp³-hybridized carbons (Fsp3) is 0.704. The van der Waals surface area contributed by atoms with Gasteiger partial charge >= 0.3 is 0 Å². The van der Waals surface area contributed by atoms with Crippen molar-refractivity contribution in [2.75, 3.05) is 26.2 Å². The van der Waals surface area contributed by atoms with Crippen molar-refractivity contribution in [3.63, 3.8) is 0 Å². The minimum Gasteiger partial charge on any atom is -0.395 e. The fourth-order valence-corrected chi connectivity index (χ4v) is 6.37. The maximum Gasteiger partial charge on any atom is 0.248 e. The summed E-state index contributed by atoms with van der Waals surface area (Å²) in [5.74, 6) is 0.781. The second kappa shape index (κ2) is 10.1. The van der Waals surface area contributed by atoms with Crippen LogP contribution in [0.2, 0.25) is 0 Å². The summed E-state index contributed by atoms with van der Waals surface area (Å²) in [7, 11) is 0. The Morgan fingerprint density at radius 1 is 1.12 bits per heavy atom. The van der Waals surface area contributed by atoms with Crippen molar-refractivity contribution < 1.29 is 14.7 Å². The van der Waals surface area contributed by atoms with E-state index in [1.165, 1.54) is 44.1 Å². The summed E-state index contributed by atoms with van der Waals surface area (Å²) >= 11 is 0. The second-order valence-corrected chi connectivity index (χ2v) is 11.2. The Morgan fingerprint density at radius 3 is 2.39 bits per heavy atom. The number of amides is 2. The van der Waals surface area contributed by atoms with Crippen LogP contribution in [0.1, 0.15) is 87.1 Å².